The molecule has 5 rings (SSSR count). The maximum Gasteiger partial charge on any atom is 0.338 e. The highest BCUT2D eigenvalue weighted by Gasteiger charge is 2.32. The van der Waals surface area contributed by atoms with Gasteiger partial charge in [-0.2, -0.15) is 0 Å². The van der Waals surface area contributed by atoms with Crippen LogP contribution < -0.4 is 14.9 Å². The predicted octanol–water partition coefficient (Wildman–Crippen LogP) is 3.37. The van der Waals surface area contributed by atoms with Crippen molar-refractivity contribution in [1.29, 1.82) is 0 Å². The number of benzene rings is 2. The van der Waals surface area contributed by atoms with Gasteiger partial charge < -0.3 is 14.3 Å². The van der Waals surface area contributed by atoms with Gasteiger partial charge in [-0.25, -0.2) is 14.6 Å². The van der Waals surface area contributed by atoms with E-state index in [0.29, 0.717) is 37.7 Å². The summed E-state index contributed by atoms with van der Waals surface area (Å²) in [5, 5.41) is 9.48. The zero-order chi connectivity index (χ0) is 25.4. The lowest BCUT2D eigenvalue weighted by molar-refractivity contribution is -0.136. The zero-order valence-electron chi connectivity index (χ0n) is 19.3. The van der Waals surface area contributed by atoms with Crippen LogP contribution in [0.3, 0.4) is 0 Å². The summed E-state index contributed by atoms with van der Waals surface area (Å²) in [5.74, 6) is -0.852. The molecule has 1 N–H and O–H groups in total. The number of hydrogen-bond acceptors (Lipinski definition) is 7. The summed E-state index contributed by atoms with van der Waals surface area (Å²) < 4.78 is 12.7. The number of esters is 1. The summed E-state index contributed by atoms with van der Waals surface area (Å²) in [4.78, 5) is 42.8. The van der Waals surface area contributed by atoms with E-state index in [2.05, 4.69) is 4.99 Å². The lowest BCUT2D eigenvalue weighted by Gasteiger charge is -2.24. The molecular formula is C27H20N2O6S. The molecule has 0 saturated carbocycles. The number of allylic oxidation sites excluding steroid dienone is 1. The molecular weight excluding hydrogens is 480 g/mol. The summed E-state index contributed by atoms with van der Waals surface area (Å²) >= 11 is 1.18. The van der Waals surface area contributed by atoms with Crippen molar-refractivity contribution in [1.82, 2.24) is 4.57 Å². The first-order chi connectivity index (χ1) is 17.4. The van der Waals surface area contributed by atoms with Crippen molar-refractivity contribution >= 4 is 29.4 Å². The van der Waals surface area contributed by atoms with Crippen LogP contribution in [-0.4, -0.2) is 28.7 Å². The molecule has 0 bridgehead atoms. The molecule has 3 heterocycles. The van der Waals surface area contributed by atoms with Crippen molar-refractivity contribution in [3.8, 4) is 11.3 Å². The number of carboxylic acids is 1. The number of nitrogens with zero attached hydrogens (tertiary/aromatic N) is 2. The fourth-order valence-electron chi connectivity index (χ4n) is 4.23. The van der Waals surface area contributed by atoms with E-state index in [9.17, 15) is 19.5 Å². The standard InChI is InChI=1S/C27H20N2O6S/c1-15-22(26(33)34-2)23(16-8-4-3-5-9-16)29-24(30)21(36-27(29)28-15)14-17-12-13-20(35-17)18-10-6-7-11-19(18)25(31)32/h3-14,23H,1-2H3,(H,31,32). The number of aromatic nitrogens is 1. The summed E-state index contributed by atoms with van der Waals surface area (Å²) in [6, 6.07) is 18.4. The van der Waals surface area contributed by atoms with Gasteiger partial charge in [-0.05, 0) is 30.7 Å². The summed E-state index contributed by atoms with van der Waals surface area (Å²) in [5.41, 5.74) is 1.76. The maximum atomic E-state index is 13.6. The first-order valence-electron chi connectivity index (χ1n) is 11.0. The molecule has 1 aliphatic rings. The number of thiazole rings is 1. The Morgan fingerprint density at radius 1 is 1.08 bits per heavy atom. The van der Waals surface area contributed by atoms with E-state index >= 15 is 0 Å². The first kappa shape index (κ1) is 23.3. The Labute approximate surface area is 208 Å². The second-order valence-corrected chi connectivity index (χ2v) is 9.05. The number of ether oxygens (including phenoxy) is 1. The second kappa shape index (κ2) is 9.27. The van der Waals surface area contributed by atoms with Crippen LogP contribution in [0.1, 0.15) is 34.6 Å². The minimum atomic E-state index is -1.06. The van der Waals surface area contributed by atoms with E-state index in [1.165, 1.54) is 29.1 Å². The quantitative estimate of drug-likeness (QED) is 0.421. The lowest BCUT2D eigenvalue weighted by Crippen LogP contribution is -2.39. The minimum Gasteiger partial charge on any atom is -0.478 e. The van der Waals surface area contributed by atoms with Crippen molar-refractivity contribution in [2.45, 2.75) is 13.0 Å². The molecule has 0 radical (unpaired) electrons. The van der Waals surface area contributed by atoms with E-state index in [4.69, 9.17) is 9.15 Å². The second-order valence-electron chi connectivity index (χ2n) is 8.04. The van der Waals surface area contributed by atoms with Crippen LogP contribution in [0.15, 0.2) is 92.2 Å². The monoisotopic (exact) mass is 500 g/mol. The number of aromatic carboxylic acids is 1. The first-order valence-corrected chi connectivity index (χ1v) is 11.8. The molecule has 0 amide bonds. The molecule has 0 aliphatic carbocycles. The molecule has 4 aromatic rings. The highest BCUT2D eigenvalue weighted by molar-refractivity contribution is 7.07. The fraction of sp³-hybridized carbons (Fsp3) is 0.111. The number of rotatable bonds is 5. The van der Waals surface area contributed by atoms with Gasteiger partial charge in [-0.15, -0.1) is 0 Å². The van der Waals surface area contributed by atoms with Crippen molar-refractivity contribution < 1.29 is 23.8 Å². The molecule has 36 heavy (non-hydrogen) atoms. The van der Waals surface area contributed by atoms with Crippen molar-refractivity contribution in [2.75, 3.05) is 7.11 Å². The van der Waals surface area contributed by atoms with Gasteiger partial charge in [0.1, 0.15) is 11.5 Å². The SMILES string of the molecule is COC(=O)C1=C(C)N=c2sc(=Cc3ccc(-c4ccccc4C(=O)O)o3)c(=O)n2C1c1ccccc1. The van der Waals surface area contributed by atoms with E-state index in [1.807, 2.05) is 30.3 Å². The highest BCUT2D eigenvalue weighted by Crippen LogP contribution is 2.30. The molecule has 0 saturated heterocycles. The number of carbonyl (C=O) groups is 2. The van der Waals surface area contributed by atoms with Crippen LogP contribution in [-0.2, 0) is 9.53 Å². The fourth-order valence-corrected chi connectivity index (χ4v) is 5.26. The normalized spacial score (nSPS) is 15.4. The molecule has 1 aliphatic heterocycles. The Bertz CT molecular complexity index is 1710. The summed E-state index contributed by atoms with van der Waals surface area (Å²) in [7, 11) is 1.30. The van der Waals surface area contributed by atoms with Gasteiger partial charge in [-0.1, -0.05) is 59.9 Å². The Hall–Kier alpha value is -4.50. The van der Waals surface area contributed by atoms with E-state index in [1.54, 1.807) is 43.3 Å². The Balaban J connectivity index is 1.64. The van der Waals surface area contributed by atoms with Crippen LogP contribution in [0.5, 0.6) is 0 Å². The van der Waals surface area contributed by atoms with E-state index in [0.717, 1.165) is 5.56 Å². The van der Waals surface area contributed by atoms with Crippen LogP contribution >= 0.6 is 11.3 Å². The summed E-state index contributed by atoms with van der Waals surface area (Å²) in [6.07, 6.45) is 1.59. The number of carboxylic acid groups (broad SMARTS) is 1. The molecule has 2 aromatic carbocycles. The third kappa shape index (κ3) is 3.99. The lowest BCUT2D eigenvalue weighted by atomic mass is 9.96. The summed E-state index contributed by atoms with van der Waals surface area (Å²) in [6.45, 7) is 1.72. The molecule has 8 nitrogen and oxygen atoms in total. The molecule has 1 atom stereocenters. The Kier molecular flexibility index (Phi) is 5.99. The highest BCUT2D eigenvalue weighted by atomic mass is 32.1. The zero-order valence-corrected chi connectivity index (χ0v) is 20.1. The number of fused-ring (bicyclic) bond motifs is 1. The molecule has 0 spiro atoms. The van der Waals surface area contributed by atoms with Crippen LogP contribution in [0, 0.1) is 0 Å². The van der Waals surface area contributed by atoms with E-state index in [-0.39, 0.29) is 11.1 Å². The van der Waals surface area contributed by atoms with Crippen LogP contribution in [0.25, 0.3) is 17.4 Å². The van der Waals surface area contributed by atoms with E-state index < -0.39 is 18.0 Å². The molecule has 0 fully saturated rings. The van der Waals surface area contributed by atoms with Gasteiger partial charge in [0.05, 0.1) is 34.5 Å². The average molecular weight is 501 g/mol. The number of methoxy groups -OCH3 is 1. The number of carbonyl (C=O) groups excluding carboxylic acids is 1. The van der Waals surface area contributed by atoms with Crippen molar-refractivity contribution in [3.63, 3.8) is 0 Å². The minimum absolute atomic E-state index is 0.117. The van der Waals surface area contributed by atoms with Gasteiger partial charge in [0.15, 0.2) is 4.80 Å². The third-order valence-electron chi connectivity index (χ3n) is 5.87. The van der Waals surface area contributed by atoms with Crippen molar-refractivity contribution in [2.24, 2.45) is 4.99 Å². The third-order valence-corrected chi connectivity index (χ3v) is 6.85. The van der Waals surface area contributed by atoms with Gasteiger partial charge >= 0.3 is 11.9 Å². The van der Waals surface area contributed by atoms with Crippen LogP contribution in [0.2, 0.25) is 0 Å². The van der Waals surface area contributed by atoms with Crippen LogP contribution in [0.4, 0.5) is 0 Å². The topological polar surface area (TPSA) is 111 Å². The Morgan fingerprint density at radius 2 is 1.81 bits per heavy atom. The van der Waals surface area contributed by atoms with Gasteiger partial charge in [-0.3, -0.25) is 9.36 Å². The number of hydrogen-bond donors (Lipinski definition) is 1. The Morgan fingerprint density at radius 3 is 2.53 bits per heavy atom. The molecule has 9 heteroatoms. The van der Waals surface area contributed by atoms with Gasteiger partial charge in [0, 0.05) is 11.6 Å². The molecule has 2 aromatic heterocycles. The maximum absolute atomic E-state index is 13.6. The predicted molar refractivity (Wildman–Crippen MR) is 133 cm³/mol. The largest absolute Gasteiger partial charge is 0.478 e. The molecule has 1 unspecified atom stereocenters. The average Bonchev–Trinajstić information content (AvgIpc) is 3.47. The number of furan rings is 1. The smallest absolute Gasteiger partial charge is 0.338 e. The van der Waals surface area contributed by atoms with Gasteiger partial charge in [0.25, 0.3) is 5.56 Å². The van der Waals surface area contributed by atoms with Crippen molar-refractivity contribution in [3.05, 3.63) is 115 Å². The molecule has 180 valence electrons. The van der Waals surface area contributed by atoms with Gasteiger partial charge in [0.2, 0.25) is 0 Å².